The normalized spacial score (nSPS) is 17.1. The van der Waals surface area contributed by atoms with E-state index in [0.717, 1.165) is 64.0 Å². The van der Waals surface area contributed by atoms with Gasteiger partial charge in [0.25, 0.3) is 0 Å². The summed E-state index contributed by atoms with van der Waals surface area (Å²) in [6.45, 7) is 8.06. The van der Waals surface area contributed by atoms with Crippen molar-refractivity contribution in [1.82, 2.24) is 15.5 Å². The molecule has 5 nitrogen and oxygen atoms in total. The summed E-state index contributed by atoms with van der Waals surface area (Å²) in [4.78, 5) is 13.6. The van der Waals surface area contributed by atoms with Crippen molar-refractivity contribution >= 4 is 6.03 Å². The first kappa shape index (κ1) is 19.6. The van der Waals surface area contributed by atoms with Gasteiger partial charge in [-0.2, -0.15) is 0 Å². The van der Waals surface area contributed by atoms with E-state index in [1.54, 1.807) is 7.11 Å². The Morgan fingerprint density at radius 3 is 2.68 bits per heavy atom. The lowest BCUT2D eigenvalue weighted by Gasteiger charge is -2.31. The van der Waals surface area contributed by atoms with E-state index in [9.17, 15) is 4.79 Å². The minimum atomic E-state index is 0.0943. The van der Waals surface area contributed by atoms with Crippen LogP contribution < -0.4 is 15.4 Å². The van der Waals surface area contributed by atoms with Crippen molar-refractivity contribution in [1.29, 1.82) is 0 Å². The van der Waals surface area contributed by atoms with E-state index in [-0.39, 0.29) is 11.6 Å². The highest BCUT2D eigenvalue weighted by molar-refractivity contribution is 5.74. The van der Waals surface area contributed by atoms with Crippen LogP contribution in [0.5, 0.6) is 5.75 Å². The Bertz CT molecular complexity index is 532. The first-order chi connectivity index (χ1) is 12.1. The van der Waals surface area contributed by atoms with Gasteiger partial charge in [-0.05, 0) is 63.3 Å². The lowest BCUT2D eigenvalue weighted by atomic mass is 9.90. The van der Waals surface area contributed by atoms with Gasteiger partial charge in [0, 0.05) is 25.2 Å². The molecular weight excluding hydrogens is 314 g/mol. The third-order valence-electron chi connectivity index (χ3n) is 5.11. The van der Waals surface area contributed by atoms with Gasteiger partial charge in [-0.25, -0.2) is 4.79 Å². The summed E-state index contributed by atoms with van der Waals surface area (Å²) in [6, 6.07) is 8.42. The number of amides is 2. The molecule has 0 bridgehead atoms. The number of hydrogen-bond donors (Lipinski definition) is 2. The van der Waals surface area contributed by atoms with Gasteiger partial charge in [0.1, 0.15) is 5.75 Å². The number of urea groups is 1. The summed E-state index contributed by atoms with van der Waals surface area (Å²) in [5, 5.41) is 6.63. The second-order valence-electron chi connectivity index (χ2n) is 7.15. The molecule has 0 aliphatic carbocycles. The zero-order chi connectivity index (χ0) is 18.1. The fraction of sp³-hybridized carbons (Fsp3) is 0.650. The SMILES string of the molecule is CCC(C)(Cc1ccc(OC)cc1)NCCCCN1CCCNC1=O. The number of nitrogens with zero attached hydrogens (tertiary/aromatic N) is 1. The monoisotopic (exact) mass is 347 g/mol. The Hall–Kier alpha value is -1.75. The van der Waals surface area contributed by atoms with Gasteiger partial charge in [0.15, 0.2) is 0 Å². The summed E-state index contributed by atoms with van der Waals surface area (Å²) in [5.41, 5.74) is 1.42. The molecule has 0 aromatic heterocycles. The van der Waals surface area contributed by atoms with Crippen molar-refractivity contribution in [3.8, 4) is 5.75 Å². The number of carbonyl (C=O) groups is 1. The molecule has 25 heavy (non-hydrogen) atoms. The van der Waals surface area contributed by atoms with Crippen LogP contribution in [0.25, 0.3) is 0 Å². The smallest absolute Gasteiger partial charge is 0.317 e. The van der Waals surface area contributed by atoms with Crippen LogP contribution in [0.4, 0.5) is 4.79 Å². The van der Waals surface area contributed by atoms with Gasteiger partial charge < -0.3 is 20.3 Å². The van der Waals surface area contributed by atoms with Crippen LogP contribution in [0.2, 0.25) is 0 Å². The second kappa shape index (κ2) is 9.66. The quantitative estimate of drug-likeness (QED) is 0.639. The maximum Gasteiger partial charge on any atom is 0.317 e. The van der Waals surface area contributed by atoms with Crippen LogP contribution in [0.3, 0.4) is 0 Å². The molecule has 1 unspecified atom stereocenters. The molecule has 1 aromatic rings. The Balaban J connectivity index is 1.71. The summed E-state index contributed by atoms with van der Waals surface area (Å²) >= 11 is 0. The molecule has 1 aromatic carbocycles. The van der Waals surface area contributed by atoms with Gasteiger partial charge in [-0.15, -0.1) is 0 Å². The number of methoxy groups -OCH3 is 1. The van der Waals surface area contributed by atoms with Crippen LogP contribution in [0.15, 0.2) is 24.3 Å². The number of unbranched alkanes of at least 4 members (excludes halogenated alkanes) is 1. The Morgan fingerprint density at radius 1 is 1.28 bits per heavy atom. The molecule has 1 atom stereocenters. The average molecular weight is 348 g/mol. The van der Waals surface area contributed by atoms with Crippen LogP contribution in [0.1, 0.15) is 45.1 Å². The molecule has 2 N–H and O–H groups in total. The number of ether oxygens (including phenoxy) is 1. The van der Waals surface area contributed by atoms with E-state index in [1.165, 1.54) is 5.56 Å². The highest BCUT2D eigenvalue weighted by atomic mass is 16.5. The predicted octanol–water partition coefficient (Wildman–Crippen LogP) is 3.19. The van der Waals surface area contributed by atoms with Crippen LogP contribution in [0, 0.1) is 0 Å². The number of nitrogens with one attached hydrogen (secondary N) is 2. The van der Waals surface area contributed by atoms with Crippen molar-refractivity contribution in [2.75, 3.05) is 33.3 Å². The Morgan fingerprint density at radius 2 is 2.04 bits per heavy atom. The summed E-state index contributed by atoms with van der Waals surface area (Å²) < 4.78 is 5.23. The number of rotatable bonds is 10. The van der Waals surface area contributed by atoms with E-state index in [2.05, 4.69) is 36.6 Å². The fourth-order valence-corrected chi connectivity index (χ4v) is 3.22. The van der Waals surface area contributed by atoms with E-state index in [4.69, 9.17) is 4.74 Å². The van der Waals surface area contributed by atoms with E-state index in [0.29, 0.717) is 0 Å². The van der Waals surface area contributed by atoms with Crippen LogP contribution in [-0.4, -0.2) is 49.8 Å². The number of benzene rings is 1. The summed E-state index contributed by atoms with van der Waals surface area (Å²) in [6.07, 6.45) is 5.26. The first-order valence-electron chi connectivity index (χ1n) is 9.47. The minimum Gasteiger partial charge on any atom is -0.497 e. The van der Waals surface area contributed by atoms with E-state index in [1.807, 2.05) is 17.0 Å². The molecule has 2 amide bonds. The molecule has 5 heteroatoms. The largest absolute Gasteiger partial charge is 0.497 e. The van der Waals surface area contributed by atoms with Crippen LogP contribution in [-0.2, 0) is 6.42 Å². The first-order valence-corrected chi connectivity index (χ1v) is 9.47. The Kier molecular flexibility index (Phi) is 7.56. The molecule has 0 saturated carbocycles. The molecular formula is C20H33N3O2. The molecule has 2 rings (SSSR count). The van der Waals surface area contributed by atoms with Crippen molar-refractivity contribution in [3.63, 3.8) is 0 Å². The van der Waals surface area contributed by atoms with E-state index >= 15 is 0 Å². The van der Waals surface area contributed by atoms with Gasteiger partial charge in [0.2, 0.25) is 0 Å². The zero-order valence-electron chi connectivity index (χ0n) is 15.9. The van der Waals surface area contributed by atoms with Crippen molar-refractivity contribution in [2.24, 2.45) is 0 Å². The molecule has 1 aliphatic heterocycles. The lowest BCUT2D eigenvalue weighted by Crippen LogP contribution is -2.47. The maximum absolute atomic E-state index is 11.7. The molecule has 140 valence electrons. The molecule has 1 aliphatic rings. The minimum absolute atomic E-state index is 0.0943. The standard InChI is InChI=1S/C20H33N3O2/c1-4-20(2,16-17-8-10-18(25-3)11-9-17)22-13-5-6-14-23-15-7-12-21-19(23)24/h8-11,22H,4-7,12-16H2,1-3H3,(H,21,24). The molecule has 1 heterocycles. The fourth-order valence-electron chi connectivity index (χ4n) is 3.22. The van der Waals surface area contributed by atoms with Crippen molar-refractivity contribution in [2.45, 2.75) is 51.5 Å². The molecule has 0 radical (unpaired) electrons. The second-order valence-corrected chi connectivity index (χ2v) is 7.15. The maximum atomic E-state index is 11.7. The van der Waals surface area contributed by atoms with Crippen LogP contribution >= 0.6 is 0 Å². The van der Waals surface area contributed by atoms with Gasteiger partial charge >= 0.3 is 6.03 Å². The predicted molar refractivity (Wildman–Crippen MR) is 102 cm³/mol. The highest BCUT2D eigenvalue weighted by Gasteiger charge is 2.22. The van der Waals surface area contributed by atoms with Crippen molar-refractivity contribution < 1.29 is 9.53 Å². The Labute approximate surface area is 152 Å². The van der Waals surface area contributed by atoms with Crippen molar-refractivity contribution in [3.05, 3.63) is 29.8 Å². The lowest BCUT2D eigenvalue weighted by molar-refractivity contribution is 0.184. The topological polar surface area (TPSA) is 53.6 Å². The molecule has 1 saturated heterocycles. The van der Waals surface area contributed by atoms with E-state index < -0.39 is 0 Å². The third kappa shape index (κ3) is 6.24. The van der Waals surface area contributed by atoms with Gasteiger partial charge in [-0.1, -0.05) is 19.1 Å². The molecule has 1 fully saturated rings. The third-order valence-corrected chi connectivity index (χ3v) is 5.11. The number of carbonyl (C=O) groups excluding carboxylic acids is 1. The summed E-state index contributed by atoms with van der Waals surface area (Å²) in [5.74, 6) is 0.900. The number of hydrogen-bond acceptors (Lipinski definition) is 3. The molecule has 0 spiro atoms. The average Bonchev–Trinajstić information content (AvgIpc) is 2.63. The zero-order valence-corrected chi connectivity index (χ0v) is 15.9. The summed E-state index contributed by atoms with van der Waals surface area (Å²) in [7, 11) is 1.69. The van der Waals surface area contributed by atoms with Gasteiger partial charge in [-0.3, -0.25) is 0 Å². The van der Waals surface area contributed by atoms with Gasteiger partial charge in [0.05, 0.1) is 7.11 Å². The highest BCUT2D eigenvalue weighted by Crippen LogP contribution is 2.19.